The number of nitrogens with one attached hydrogen (secondary N) is 1. The van der Waals surface area contributed by atoms with E-state index >= 15 is 0 Å². The molecule has 1 aliphatic carbocycles. The van der Waals surface area contributed by atoms with Crippen molar-refractivity contribution >= 4 is 5.78 Å². The van der Waals surface area contributed by atoms with Crippen LogP contribution in [0.4, 0.5) is 0 Å². The minimum Gasteiger partial charge on any atom is -0.310 e. The van der Waals surface area contributed by atoms with Gasteiger partial charge in [-0.05, 0) is 37.8 Å². The maximum atomic E-state index is 11.7. The van der Waals surface area contributed by atoms with Crippen molar-refractivity contribution in [2.45, 2.75) is 26.2 Å². The third-order valence-corrected chi connectivity index (χ3v) is 2.94. The van der Waals surface area contributed by atoms with Crippen molar-refractivity contribution in [3.63, 3.8) is 0 Å². The Morgan fingerprint density at radius 3 is 2.94 bits per heavy atom. The SMILES string of the molecule is Cc1cccc(CC(=O)CNCC2CC2)c1. The smallest absolute Gasteiger partial charge is 0.150 e. The second-order valence-corrected chi connectivity index (χ2v) is 4.78. The number of hydrogen-bond donors (Lipinski definition) is 1. The first-order valence-electron chi connectivity index (χ1n) is 6.02. The molecule has 1 aromatic carbocycles. The fourth-order valence-corrected chi connectivity index (χ4v) is 1.85. The Bertz CT molecular complexity index is 369. The Kier molecular flexibility index (Phi) is 3.73. The molecule has 2 nitrogen and oxygen atoms in total. The Labute approximate surface area is 97.1 Å². The molecule has 0 aromatic heterocycles. The molecule has 0 heterocycles. The van der Waals surface area contributed by atoms with Crippen LogP contribution in [-0.4, -0.2) is 18.9 Å². The van der Waals surface area contributed by atoms with Gasteiger partial charge in [0.2, 0.25) is 0 Å². The van der Waals surface area contributed by atoms with Crippen molar-refractivity contribution in [2.24, 2.45) is 5.92 Å². The third-order valence-electron chi connectivity index (χ3n) is 2.94. The van der Waals surface area contributed by atoms with Gasteiger partial charge >= 0.3 is 0 Å². The summed E-state index contributed by atoms with van der Waals surface area (Å²) >= 11 is 0. The molecular weight excluding hydrogens is 198 g/mol. The normalized spacial score (nSPS) is 15.1. The zero-order valence-corrected chi connectivity index (χ0v) is 9.83. The van der Waals surface area contributed by atoms with Gasteiger partial charge in [-0.1, -0.05) is 29.8 Å². The summed E-state index contributed by atoms with van der Waals surface area (Å²) in [5.74, 6) is 1.12. The van der Waals surface area contributed by atoms with Crippen molar-refractivity contribution in [1.82, 2.24) is 5.32 Å². The van der Waals surface area contributed by atoms with Crippen LogP contribution < -0.4 is 5.32 Å². The summed E-state index contributed by atoms with van der Waals surface area (Å²) in [5, 5.41) is 3.23. The number of ketones is 1. The van der Waals surface area contributed by atoms with Crippen LogP contribution in [0, 0.1) is 12.8 Å². The van der Waals surface area contributed by atoms with Crippen molar-refractivity contribution in [3.05, 3.63) is 35.4 Å². The van der Waals surface area contributed by atoms with Crippen molar-refractivity contribution in [2.75, 3.05) is 13.1 Å². The molecule has 86 valence electrons. The number of carbonyl (C=O) groups is 1. The number of hydrogen-bond acceptors (Lipinski definition) is 2. The number of benzene rings is 1. The van der Waals surface area contributed by atoms with Gasteiger partial charge in [0.05, 0.1) is 6.54 Å². The molecule has 0 unspecified atom stereocenters. The number of Topliss-reactive ketones (excluding diaryl/α,β-unsaturated/α-hetero) is 1. The molecule has 1 fully saturated rings. The lowest BCUT2D eigenvalue weighted by atomic mass is 10.1. The van der Waals surface area contributed by atoms with E-state index in [1.807, 2.05) is 12.1 Å². The number of aryl methyl sites for hydroxylation is 1. The topological polar surface area (TPSA) is 29.1 Å². The second kappa shape index (κ2) is 5.26. The van der Waals surface area contributed by atoms with E-state index in [9.17, 15) is 4.79 Å². The first kappa shape index (κ1) is 11.3. The highest BCUT2D eigenvalue weighted by Gasteiger charge is 2.20. The highest BCUT2D eigenvalue weighted by molar-refractivity contribution is 5.82. The molecule has 2 heteroatoms. The third kappa shape index (κ3) is 3.78. The lowest BCUT2D eigenvalue weighted by Gasteiger charge is -2.04. The van der Waals surface area contributed by atoms with Gasteiger partial charge in [0.25, 0.3) is 0 Å². The van der Waals surface area contributed by atoms with E-state index in [0.29, 0.717) is 13.0 Å². The van der Waals surface area contributed by atoms with Crippen LogP contribution in [0.25, 0.3) is 0 Å². The molecule has 1 aliphatic rings. The van der Waals surface area contributed by atoms with Gasteiger partial charge < -0.3 is 5.32 Å². The zero-order chi connectivity index (χ0) is 11.4. The van der Waals surface area contributed by atoms with Crippen LogP contribution in [0.5, 0.6) is 0 Å². The molecule has 0 aliphatic heterocycles. The quantitative estimate of drug-likeness (QED) is 0.790. The fourth-order valence-electron chi connectivity index (χ4n) is 1.85. The summed E-state index contributed by atoms with van der Waals surface area (Å²) in [4.78, 5) is 11.7. The van der Waals surface area contributed by atoms with Crippen LogP contribution in [0.3, 0.4) is 0 Å². The Morgan fingerprint density at radius 2 is 2.25 bits per heavy atom. The van der Waals surface area contributed by atoms with Crippen molar-refractivity contribution in [1.29, 1.82) is 0 Å². The predicted octanol–water partition coefficient (Wildman–Crippen LogP) is 2.11. The van der Waals surface area contributed by atoms with Gasteiger partial charge in [-0.2, -0.15) is 0 Å². The minimum atomic E-state index is 0.284. The standard InChI is InChI=1S/C14H19NO/c1-11-3-2-4-13(7-11)8-14(16)10-15-9-12-5-6-12/h2-4,7,12,15H,5-6,8-10H2,1H3. The van der Waals surface area contributed by atoms with E-state index in [1.54, 1.807) is 0 Å². The summed E-state index contributed by atoms with van der Waals surface area (Å²) in [6, 6.07) is 8.17. The molecule has 1 saturated carbocycles. The lowest BCUT2D eigenvalue weighted by molar-refractivity contribution is -0.117. The van der Waals surface area contributed by atoms with Crippen LogP contribution in [0.1, 0.15) is 24.0 Å². The largest absolute Gasteiger partial charge is 0.310 e. The van der Waals surface area contributed by atoms with Gasteiger partial charge in [0.1, 0.15) is 0 Å². The van der Waals surface area contributed by atoms with Gasteiger partial charge in [-0.3, -0.25) is 4.79 Å². The summed E-state index contributed by atoms with van der Waals surface area (Å²) in [6.07, 6.45) is 3.22. The maximum absolute atomic E-state index is 11.7. The first-order chi connectivity index (χ1) is 7.74. The summed E-state index contributed by atoms with van der Waals surface area (Å²) in [7, 11) is 0. The van der Waals surface area contributed by atoms with Gasteiger partial charge in [0, 0.05) is 6.42 Å². The number of carbonyl (C=O) groups excluding carboxylic acids is 1. The summed E-state index contributed by atoms with van der Waals surface area (Å²) in [5.41, 5.74) is 2.34. The highest BCUT2D eigenvalue weighted by atomic mass is 16.1. The van der Waals surface area contributed by atoms with E-state index in [2.05, 4.69) is 24.4 Å². The van der Waals surface area contributed by atoms with Crippen molar-refractivity contribution in [3.8, 4) is 0 Å². The van der Waals surface area contributed by atoms with Crippen LogP contribution in [0.2, 0.25) is 0 Å². The van der Waals surface area contributed by atoms with Crippen LogP contribution >= 0.6 is 0 Å². The average Bonchev–Trinajstić information content (AvgIpc) is 3.01. The first-order valence-corrected chi connectivity index (χ1v) is 6.02. The Morgan fingerprint density at radius 1 is 1.44 bits per heavy atom. The molecule has 0 bridgehead atoms. The molecular formula is C14H19NO. The monoisotopic (exact) mass is 217 g/mol. The van der Waals surface area contributed by atoms with Crippen LogP contribution in [-0.2, 0) is 11.2 Å². The predicted molar refractivity (Wildman–Crippen MR) is 65.5 cm³/mol. The maximum Gasteiger partial charge on any atom is 0.150 e. The second-order valence-electron chi connectivity index (χ2n) is 4.78. The Hall–Kier alpha value is -1.15. The molecule has 0 radical (unpaired) electrons. The fraction of sp³-hybridized carbons (Fsp3) is 0.500. The molecule has 1 N–H and O–H groups in total. The molecule has 1 aromatic rings. The summed E-state index contributed by atoms with van der Waals surface area (Å²) in [6.45, 7) is 3.59. The number of rotatable bonds is 6. The van der Waals surface area contributed by atoms with Gasteiger partial charge in [0.15, 0.2) is 5.78 Å². The van der Waals surface area contributed by atoms with E-state index in [1.165, 1.54) is 18.4 Å². The van der Waals surface area contributed by atoms with E-state index < -0.39 is 0 Å². The van der Waals surface area contributed by atoms with E-state index in [4.69, 9.17) is 0 Å². The molecule has 0 amide bonds. The van der Waals surface area contributed by atoms with Gasteiger partial charge in [-0.25, -0.2) is 0 Å². The lowest BCUT2D eigenvalue weighted by Crippen LogP contribution is -2.26. The van der Waals surface area contributed by atoms with E-state index in [-0.39, 0.29) is 5.78 Å². The van der Waals surface area contributed by atoms with Gasteiger partial charge in [-0.15, -0.1) is 0 Å². The Balaban J connectivity index is 1.73. The molecule has 0 atom stereocenters. The van der Waals surface area contributed by atoms with Crippen molar-refractivity contribution < 1.29 is 4.79 Å². The molecule has 16 heavy (non-hydrogen) atoms. The summed E-state index contributed by atoms with van der Waals surface area (Å²) < 4.78 is 0. The minimum absolute atomic E-state index is 0.284. The zero-order valence-electron chi connectivity index (χ0n) is 9.83. The molecule has 0 spiro atoms. The van der Waals surface area contributed by atoms with E-state index in [0.717, 1.165) is 18.0 Å². The van der Waals surface area contributed by atoms with Crippen LogP contribution in [0.15, 0.2) is 24.3 Å². The molecule has 0 saturated heterocycles. The average molecular weight is 217 g/mol. The molecule has 2 rings (SSSR count). The highest BCUT2D eigenvalue weighted by Crippen LogP contribution is 2.27.